The van der Waals surface area contributed by atoms with E-state index in [0.717, 1.165) is 23.9 Å². The summed E-state index contributed by atoms with van der Waals surface area (Å²) in [6.45, 7) is 1.42. The summed E-state index contributed by atoms with van der Waals surface area (Å²) in [5.41, 5.74) is 0.679. The van der Waals surface area contributed by atoms with Crippen LogP contribution in [0.25, 0.3) is 0 Å². The van der Waals surface area contributed by atoms with Crippen molar-refractivity contribution in [3.05, 3.63) is 34.3 Å². The highest BCUT2D eigenvalue weighted by molar-refractivity contribution is 9.10. The zero-order chi connectivity index (χ0) is 14.5. The molecule has 1 fully saturated rings. The molecule has 1 heterocycles. The van der Waals surface area contributed by atoms with Gasteiger partial charge in [-0.15, -0.1) is 0 Å². The SMILES string of the molecule is O=C(O)CC[C@H]1CCCN(C(=O)c2cccc(Br)c2)C1. The first kappa shape index (κ1) is 15.0. The number of hydrogen-bond donors (Lipinski definition) is 1. The highest BCUT2D eigenvalue weighted by Gasteiger charge is 2.24. The van der Waals surface area contributed by atoms with Gasteiger partial charge in [-0.3, -0.25) is 9.59 Å². The van der Waals surface area contributed by atoms with E-state index >= 15 is 0 Å². The molecule has 1 N–H and O–H groups in total. The summed E-state index contributed by atoms with van der Waals surface area (Å²) in [4.78, 5) is 24.9. The van der Waals surface area contributed by atoms with Gasteiger partial charge in [0.1, 0.15) is 0 Å². The topological polar surface area (TPSA) is 57.6 Å². The van der Waals surface area contributed by atoms with Gasteiger partial charge in [-0.1, -0.05) is 22.0 Å². The third-order valence-electron chi connectivity index (χ3n) is 3.64. The normalized spacial score (nSPS) is 18.9. The molecule has 0 aromatic heterocycles. The van der Waals surface area contributed by atoms with E-state index in [1.54, 1.807) is 0 Å². The monoisotopic (exact) mass is 339 g/mol. The number of nitrogens with zero attached hydrogens (tertiary/aromatic N) is 1. The molecule has 1 aromatic rings. The van der Waals surface area contributed by atoms with Crippen LogP contribution in [0.15, 0.2) is 28.7 Å². The van der Waals surface area contributed by atoms with Crippen LogP contribution in [0, 0.1) is 5.92 Å². The van der Waals surface area contributed by atoms with Crippen molar-refractivity contribution in [2.75, 3.05) is 13.1 Å². The Morgan fingerprint density at radius 2 is 2.20 bits per heavy atom. The van der Waals surface area contributed by atoms with E-state index < -0.39 is 5.97 Å². The maximum atomic E-state index is 12.4. The summed E-state index contributed by atoms with van der Waals surface area (Å²) in [6.07, 6.45) is 2.79. The van der Waals surface area contributed by atoms with E-state index in [4.69, 9.17) is 5.11 Å². The number of piperidine rings is 1. The van der Waals surface area contributed by atoms with Crippen LogP contribution in [-0.2, 0) is 4.79 Å². The van der Waals surface area contributed by atoms with E-state index in [-0.39, 0.29) is 12.3 Å². The van der Waals surface area contributed by atoms with Gasteiger partial charge in [0.2, 0.25) is 0 Å². The van der Waals surface area contributed by atoms with Gasteiger partial charge in [-0.25, -0.2) is 0 Å². The smallest absolute Gasteiger partial charge is 0.303 e. The Kier molecular flexibility index (Phi) is 5.17. The van der Waals surface area contributed by atoms with Crippen molar-refractivity contribution in [1.82, 2.24) is 4.90 Å². The molecule has 0 unspecified atom stereocenters. The average Bonchev–Trinajstić information content (AvgIpc) is 2.44. The fraction of sp³-hybridized carbons (Fsp3) is 0.467. The molecule has 0 aliphatic carbocycles. The fourth-order valence-electron chi connectivity index (χ4n) is 2.62. The number of benzene rings is 1. The first-order chi connectivity index (χ1) is 9.56. The van der Waals surface area contributed by atoms with Crippen molar-refractivity contribution in [3.8, 4) is 0 Å². The largest absolute Gasteiger partial charge is 0.481 e. The Labute approximate surface area is 126 Å². The Morgan fingerprint density at radius 3 is 2.90 bits per heavy atom. The van der Waals surface area contributed by atoms with E-state index in [2.05, 4.69) is 15.9 Å². The third-order valence-corrected chi connectivity index (χ3v) is 4.14. The number of carbonyl (C=O) groups excluding carboxylic acids is 1. The molecule has 20 heavy (non-hydrogen) atoms. The van der Waals surface area contributed by atoms with Crippen LogP contribution in [0.5, 0.6) is 0 Å². The summed E-state index contributed by atoms with van der Waals surface area (Å²) < 4.78 is 0.891. The van der Waals surface area contributed by atoms with E-state index in [1.165, 1.54) is 0 Å². The van der Waals surface area contributed by atoms with Crippen LogP contribution >= 0.6 is 15.9 Å². The minimum atomic E-state index is -0.763. The zero-order valence-corrected chi connectivity index (χ0v) is 12.8. The molecule has 4 nitrogen and oxygen atoms in total. The molecule has 1 aliphatic heterocycles. The molecule has 5 heteroatoms. The zero-order valence-electron chi connectivity index (χ0n) is 11.2. The molecule has 1 amide bonds. The highest BCUT2D eigenvalue weighted by Crippen LogP contribution is 2.23. The van der Waals surface area contributed by atoms with Crippen LogP contribution in [0.4, 0.5) is 0 Å². The summed E-state index contributed by atoms with van der Waals surface area (Å²) in [5, 5.41) is 8.74. The maximum absolute atomic E-state index is 12.4. The standard InChI is InChI=1S/C15H18BrNO3/c16-13-5-1-4-12(9-13)15(20)17-8-2-3-11(10-17)6-7-14(18)19/h1,4-5,9,11H,2-3,6-8,10H2,(H,18,19)/t11-/m1/s1. The van der Waals surface area contributed by atoms with Gasteiger partial charge in [0.05, 0.1) is 0 Å². The van der Waals surface area contributed by atoms with Crippen LogP contribution in [0.3, 0.4) is 0 Å². The quantitative estimate of drug-likeness (QED) is 0.916. The predicted octanol–water partition coefficient (Wildman–Crippen LogP) is 3.17. The van der Waals surface area contributed by atoms with Gasteiger partial charge in [0.25, 0.3) is 5.91 Å². The highest BCUT2D eigenvalue weighted by atomic mass is 79.9. The van der Waals surface area contributed by atoms with Crippen LogP contribution in [0.2, 0.25) is 0 Å². The number of carboxylic acid groups (broad SMARTS) is 1. The second-order valence-corrected chi connectivity index (χ2v) is 6.12. The minimum absolute atomic E-state index is 0.0336. The Morgan fingerprint density at radius 1 is 1.40 bits per heavy atom. The summed E-state index contributed by atoms with van der Waals surface area (Å²) >= 11 is 3.37. The van der Waals surface area contributed by atoms with Gasteiger partial charge in [-0.2, -0.15) is 0 Å². The predicted molar refractivity (Wildman–Crippen MR) is 79.6 cm³/mol. The first-order valence-electron chi connectivity index (χ1n) is 6.83. The number of aliphatic carboxylic acids is 1. The lowest BCUT2D eigenvalue weighted by atomic mass is 9.93. The van der Waals surface area contributed by atoms with Crippen LogP contribution in [0.1, 0.15) is 36.0 Å². The molecule has 2 rings (SSSR count). The number of hydrogen-bond acceptors (Lipinski definition) is 2. The van der Waals surface area contributed by atoms with Gasteiger partial charge in [0.15, 0.2) is 0 Å². The van der Waals surface area contributed by atoms with Crippen molar-refractivity contribution in [2.45, 2.75) is 25.7 Å². The first-order valence-corrected chi connectivity index (χ1v) is 7.62. The number of amides is 1. The summed E-state index contributed by atoms with van der Waals surface area (Å²) in [7, 11) is 0. The molecular weight excluding hydrogens is 322 g/mol. The average molecular weight is 340 g/mol. The molecule has 0 bridgehead atoms. The molecule has 1 saturated heterocycles. The van der Waals surface area contributed by atoms with Gasteiger partial charge in [0, 0.05) is 29.5 Å². The molecule has 0 radical (unpaired) electrons. The Bertz CT molecular complexity index is 504. The lowest BCUT2D eigenvalue weighted by Crippen LogP contribution is -2.40. The van der Waals surface area contributed by atoms with E-state index in [0.29, 0.717) is 24.4 Å². The number of rotatable bonds is 4. The number of likely N-dealkylation sites (tertiary alicyclic amines) is 1. The van der Waals surface area contributed by atoms with Gasteiger partial charge in [-0.05, 0) is 43.4 Å². The van der Waals surface area contributed by atoms with Crippen molar-refractivity contribution in [3.63, 3.8) is 0 Å². The lowest BCUT2D eigenvalue weighted by Gasteiger charge is -2.32. The molecule has 108 valence electrons. The Hall–Kier alpha value is -1.36. The molecule has 1 aliphatic rings. The Balaban J connectivity index is 1.98. The van der Waals surface area contributed by atoms with E-state index in [1.807, 2.05) is 29.2 Å². The maximum Gasteiger partial charge on any atom is 0.303 e. The second-order valence-electron chi connectivity index (χ2n) is 5.20. The van der Waals surface area contributed by atoms with Crippen molar-refractivity contribution < 1.29 is 14.7 Å². The molecule has 0 spiro atoms. The molecule has 1 aromatic carbocycles. The molecule has 1 atom stereocenters. The number of carbonyl (C=O) groups is 2. The number of carboxylic acids is 1. The third kappa shape index (κ3) is 4.07. The fourth-order valence-corrected chi connectivity index (χ4v) is 3.02. The van der Waals surface area contributed by atoms with E-state index in [9.17, 15) is 9.59 Å². The summed E-state index contributed by atoms with van der Waals surface area (Å²) in [6, 6.07) is 7.38. The van der Waals surface area contributed by atoms with Crippen molar-refractivity contribution in [2.24, 2.45) is 5.92 Å². The van der Waals surface area contributed by atoms with Crippen molar-refractivity contribution in [1.29, 1.82) is 0 Å². The van der Waals surface area contributed by atoms with Gasteiger partial charge < -0.3 is 10.0 Å². The van der Waals surface area contributed by atoms with Crippen LogP contribution in [-0.4, -0.2) is 35.0 Å². The summed E-state index contributed by atoms with van der Waals surface area (Å²) in [5.74, 6) is -0.428. The molecular formula is C15H18BrNO3. The van der Waals surface area contributed by atoms with Crippen LogP contribution < -0.4 is 0 Å². The lowest BCUT2D eigenvalue weighted by molar-refractivity contribution is -0.137. The number of halogens is 1. The molecule has 0 saturated carbocycles. The van der Waals surface area contributed by atoms with Crippen molar-refractivity contribution >= 4 is 27.8 Å². The second kappa shape index (κ2) is 6.88. The minimum Gasteiger partial charge on any atom is -0.481 e. The van der Waals surface area contributed by atoms with Gasteiger partial charge >= 0.3 is 5.97 Å².